The summed E-state index contributed by atoms with van der Waals surface area (Å²) in [5.74, 6) is 0.723. The van der Waals surface area contributed by atoms with Gasteiger partial charge in [0.05, 0.1) is 0 Å². The third-order valence-electron chi connectivity index (χ3n) is 4.35. The van der Waals surface area contributed by atoms with E-state index in [4.69, 9.17) is 0 Å². The predicted molar refractivity (Wildman–Crippen MR) is 68.1 cm³/mol. The molecule has 0 radical (unpaired) electrons. The molecular formula is C15H23N. The second-order valence-corrected chi connectivity index (χ2v) is 5.76. The van der Waals surface area contributed by atoms with Crippen LogP contribution in [0.3, 0.4) is 0 Å². The Balaban J connectivity index is 2.18. The molecule has 16 heavy (non-hydrogen) atoms. The van der Waals surface area contributed by atoms with E-state index in [2.05, 4.69) is 18.4 Å². The molecule has 1 aliphatic heterocycles. The Morgan fingerprint density at radius 2 is 1.56 bits per heavy atom. The molecule has 0 saturated heterocycles. The quantitative estimate of drug-likeness (QED) is 0.674. The number of rotatable bonds is 1. The van der Waals surface area contributed by atoms with Crippen LogP contribution in [-0.4, -0.2) is 4.57 Å². The van der Waals surface area contributed by atoms with Crippen molar-refractivity contribution in [1.82, 2.24) is 4.57 Å². The summed E-state index contributed by atoms with van der Waals surface area (Å²) in [6.45, 7) is 6.05. The molecule has 0 fully saturated rings. The normalized spacial score (nSPS) is 19.7. The molecule has 2 heterocycles. The summed E-state index contributed by atoms with van der Waals surface area (Å²) < 4.78 is 2.69. The van der Waals surface area contributed by atoms with E-state index < -0.39 is 0 Å². The largest absolute Gasteiger partial charge is 0.348 e. The van der Waals surface area contributed by atoms with Crippen molar-refractivity contribution in [3.63, 3.8) is 0 Å². The lowest BCUT2D eigenvalue weighted by Crippen LogP contribution is -2.14. The van der Waals surface area contributed by atoms with Crippen LogP contribution in [0.5, 0.6) is 0 Å². The van der Waals surface area contributed by atoms with Gasteiger partial charge in [-0.1, -0.05) is 13.8 Å². The Kier molecular flexibility index (Phi) is 2.57. The number of hydrogen-bond acceptors (Lipinski definition) is 0. The first-order valence-corrected chi connectivity index (χ1v) is 7.02. The average Bonchev–Trinajstić information content (AvgIpc) is 2.63. The fourth-order valence-electron chi connectivity index (χ4n) is 3.74. The Morgan fingerprint density at radius 1 is 0.875 bits per heavy atom. The zero-order valence-electron chi connectivity index (χ0n) is 10.7. The van der Waals surface area contributed by atoms with E-state index in [-0.39, 0.29) is 0 Å². The van der Waals surface area contributed by atoms with Crippen LogP contribution in [0.25, 0.3) is 0 Å². The third kappa shape index (κ3) is 1.44. The van der Waals surface area contributed by atoms with Crippen LogP contribution >= 0.6 is 0 Å². The van der Waals surface area contributed by atoms with Crippen LogP contribution in [-0.2, 0) is 25.8 Å². The molecule has 0 unspecified atom stereocenters. The molecule has 0 amide bonds. The van der Waals surface area contributed by atoms with Crippen molar-refractivity contribution in [1.29, 1.82) is 0 Å². The van der Waals surface area contributed by atoms with Gasteiger partial charge in [0.25, 0.3) is 0 Å². The van der Waals surface area contributed by atoms with Gasteiger partial charge >= 0.3 is 0 Å². The van der Waals surface area contributed by atoms with Crippen molar-refractivity contribution >= 4 is 0 Å². The van der Waals surface area contributed by atoms with Crippen LogP contribution in [0, 0.1) is 0 Å². The number of fused-ring (bicyclic) bond motifs is 3. The summed E-state index contributed by atoms with van der Waals surface area (Å²) in [6.07, 6.45) is 9.65. The zero-order valence-corrected chi connectivity index (χ0v) is 10.7. The van der Waals surface area contributed by atoms with Gasteiger partial charge in [-0.2, -0.15) is 0 Å². The molecule has 1 aromatic heterocycles. The Bertz CT molecular complexity index is 365. The van der Waals surface area contributed by atoms with Gasteiger partial charge in [0.1, 0.15) is 0 Å². The molecule has 1 heteroatoms. The molecule has 0 N–H and O–H groups in total. The first kappa shape index (κ1) is 10.4. The van der Waals surface area contributed by atoms with Crippen LogP contribution in [0.4, 0.5) is 0 Å². The van der Waals surface area contributed by atoms with E-state index in [1.807, 2.05) is 0 Å². The number of hydrogen-bond donors (Lipinski definition) is 0. The topological polar surface area (TPSA) is 4.93 Å². The Morgan fingerprint density at radius 3 is 2.38 bits per heavy atom. The lowest BCUT2D eigenvalue weighted by molar-refractivity contribution is 0.504. The van der Waals surface area contributed by atoms with E-state index in [0.717, 1.165) is 5.92 Å². The number of nitrogens with zero attached hydrogens (tertiary/aromatic N) is 1. The smallest absolute Gasteiger partial charge is 0.0225 e. The lowest BCUT2D eigenvalue weighted by atomic mass is 9.89. The highest BCUT2D eigenvalue weighted by Crippen LogP contribution is 2.37. The van der Waals surface area contributed by atoms with Crippen molar-refractivity contribution in [2.24, 2.45) is 0 Å². The maximum Gasteiger partial charge on any atom is 0.0225 e. The molecule has 0 saturated carbocycles. The molecule has 1 aliphatic carbocycles. The van der Waals surface area contributed by atoms with E-state index in [1.165, 1.54) is 51.5 Å². The van der Waals surface area contributed by atoms with Gasteiger partial charge in [0, 0.05) is 17.9 Å². The molecule has 0 atom stereocenters. The van der Waals surface area contributed by atoms with Crippen molar-refractivity contribution in [3.05, 3.63) is 22.5 Å². The van der Waals surface area contributed by atoms with Gasteiger partial charge in [-0.05, 0) is 62.0 Å². The monoisotopic (exact) mass is 217 g/mol. The van der Waals surface area contributed by atoms with Gasteiger partial charge < -0.3 is 4.57 Å². The number of aromatic nitrogens is 1. The van der Waals surface area contributed by atoms with Gasteiger partial charge in [-0.3, -0.25) is 0 Å². The minimum atomic E-state index is 0.723. The fourth-order valence-corrected chi connectivity index (χ4v) is 3.74. The fraction of sp³-hybridized carbons (Fsp3) is 0.733. The predicted octanol–water partition coefficient (Wildman–Crippen LogP) is 3.83. The van der Waals surface area contributed by atoms with Crippen LogP contribution in [0.2, 0.25) is 0 Å². The maximum absolute atomic E-state index is 2.69. The minimum absolute atomic E-state index is 0.723. The molecule has 1 aromatic rings. The minimum Gasteiger partial charge on any atom is -0.348 e. The highest BCUT2D eigenvalue weighted by molar-refractivity contribution is 5.43. The Labute approximate surface area is 98.9 Å². The summed E-state index contributed by atoms with van der Waals surface area (Å²) >= 11 is 0. The second kappa shape index (κ2) is 3.94. The van der Waals surface area contributed by atoms with Crippen LogP contribution in [0.15, 0.2) is 0 Å². The van der Waals surface area contributed by atoms with Crippen molar-refractivity contribution in [3.8, 4) is 0 Å². The van der Waals surface area contributed by atoms with E-state index in [9.17, 15) is 0 Å². The van der Waals surface area contributed by atoms with E-state index in [0.29, 0.717) is 0 Å². The highest BCUT2D eigenvalue weighted by atomic mass is 15.0. The molecule has 88 valence electrons. The maximum atomic E-state index is 2.69. The molecular weight excluding hydrogens is 194 g/mol. The molecule has 1 nitrogen and oxygen atoms in total. The van der Waals surface area contributed by atoms with Crippen molar-refractivity contribution < 1.29 is 0 Å². The van der Waals surface area contributed by atoms with Gasteiger partial charge in [-0.25, -0.2) is 0 Å². The summed E-state index contributed by atoms with van der Waals surface area (Å²) in [6, 6.07) is 0. The van der Waals surface area contributed by atoms with Crippen molar-refractivity contribution in [2.45, 2.75) is 71.3 Å². The average molecular weight is 217 g/mol. The summed E-state index contributed by atoms with van der Waals surface area (Å²) in [5, 5.41) is 0. The zero-order chi connectivity index (χ0) is 11.1. The molecule has 0 aromatic carbocycles. The summed E-state index contributed by atoms with van der Waals surface area (Å²) in [7, 11) is 0. The highest BCUT2D eigenvalue weighted by Gasteiger charge is 2.26. The van der Waals surface area contributed by atoms with E-state index in [1.54, 1.807) is 22.5 Å². The van der Waals surface area contributed by atoms with Gasteiger partial charge in [0.15, 0.2) is 0 Å². The first-order chi connectivity index (χ1) is 7.79. The molecule has 0 bridgehead atoms. The van der Waals surface area contributed by atoms with Crippen LogP contribution in [0.1, 0.15) is 68.0 Å². The SMILES string of the molecule is CC(C)c1c2c(n3c1CCCC3)CCCC2. The summed E-state index contributed by atoms with van der Waals surface area (Å²) in [4.78, 5) is 0. The molecule has 2 aliphatic rings. The standard InChI is InChI=1S/C15H23N/c1-11(2)15-12-7-3-4-8-13(12)16-10-6-5-9-14(15)16/h11H,3-10H2,1-2H3. The summed E-state index contributed by atoms with van der Waals surface area (Å²) in [5.41, 5.74) is 6.89. The molecule has 3 rings (SSSR count). The van der Waals surface area contributed by atoms with E-state index >= 15 is 0 Å². The van der Waals surface area contributed by atoms with Gasteiger partial charge in [-0.15, -0.1) is 0 Å². The lowest BCUT2D eigenvalue weighted by Gasteiger charge is -2.20. The van der Waals surface area contributed by atoms with Crippen molar-refractivity contribution in [2.75, 3.05) is 0 Å². The first-order valence-electron chi connectivity index (χ1n) is 7.02. The Hall–Kier alpha value is -0.720. The van der Waals surface area contributed by atoms with Crippen LogP contribution < -0.4 is 0 Å². The second-order valence-electron chi connectivity index (χ2n) is 5.76. The van der Waals surface area contributed by atoms with Gasteiger partial charge in [0.2, 0.25) is 0 Å². The molecule has 0 spiro atoms. The third-order valence-corrected chi connectivity index (χ3v) is 4.35.